The van der Waals surface area contributed by atoms with E-state index in [9.17, 15) is 18.0 Å². The number of para-hydroxylation sites is 1. The van der Waals surface area contributed by atoms with Gasteiger partial charge in [-0.2, -0.15) is 4.98 Å². The Morgan fingerprint density at radius 2 is 1.87 bits per heavy atom. The van der Waals surface area contributed by atoms with E-state index in [1.807, 2.05) is 25.9 Å². The molecule has 1 aromatic carbocycles. The van der Waals surface area contributed by atoms with Gasteiger partial charge in [0.1, 0.15) is 17.4 Å². The molecule has 1 amide bonds. The molecule has 31 heavy (non-hydrogen) atoms. The minimum absolute atomic E-state index is 0.00376. The van der Waals surface area contributed by atoms with Crippen molar-refractivity contribution >= 4 is 6.09 Å². The van der Waals surface area contributed by atoms with Crippen molar-refractivity contribution in [3.63, 3.8) is 0 Å². The minimum atomic E-state index is -4.92. The van der Waals surface area contributed by atoms with Gasteiger partial charge in [0, 0.05) is 5.56 Å². The molecule has 8 nitrogen and oxygen atoms in total. The molecule has 0 saturated heterocycles. The van der Waals surface area contributed by atoms with E-state index in [1.165, 1.54) is 18.2 Å². The molecule has 2 atom stereocenters. The highest BCUT2D eigenvalue weighted by atomic mass is 19.4. The molecule has 0 spiro atoms. The van der Waals surface area contributed by atoms with E-state index in [-0.39, 0.29) is 23.3 Å². The van der Waals surface area contributed by atoms with Gasteiger partial charge in [-0.25, -0.2) is 4.79 Å². The van der Waals surface area contributed by atoms with E-state index in [0.717, 1.165) is 6.07 Å². The van der Waals surface area contributed by atoms with E-state index in [4.69, 9.17) is 9.26 Å². The first kappa shape index (κ1) is 24.4. The molecule has 0 radical (unpaired) electrons. The van der Waals surface area contributed by atoms with E-state index in [0.29, 0.717) is 6.42 Å². The zero-order valence-electron chi connectivity index (χ0n) is 18.3. The van der Waals surface area contributed by atoms with Crippen LogP contribution in [0.15, 0.2) is 28.8 Å². The van der Waals surface area contributed by atoms with Gasteiger partial charge in [-0.05, 0) is 47.4 Å². The summed E-state index contributed by atoms with van der Waals surface area (Å²) in [6.07, 6.45) is -5.12. The average Bonchev–Trinajstić information content (AvgIpc) is 3.07. The molecule has 11 heteroatoms. The number of hydrogen-bond acceptors (Lipinski definition) is 7. The van der Waals surface area contributed by atoms with Crippen LogP contribution in [0.2, 0.25) is 0 Å². The largest absolute Gasteiger partial charge is 0.573 e. The summed E-state index contributed by atoms with van der Waals surface area (Å²) in [4.78, 5) is 18.6. The van der Waals surface area contributed by atoms with Crippen LogP contribution in [0.5, 0.6) is 5.75 Å². The number of aromatic nitrogens is 2. The fraction of sp³-hybridized carbons (Fsp3) is 0.550. The lowest BCUT2D eigenvalue weighted by molar-refractivity contribution is -0.275. The van der Waals surface area contributed by atoms with E-state index < -0.39 is 29.8 Å². The number of nitrogens with zero attached hydrogens (tertiary/aromatic N) is 3. The Kier molecular flexibility index (Phi) is 7.53. The fourth-order valence-corrected chi connectivity index (χ4v) is 2.90. The van der Waals surface area contributed by atoms with E-state index >= 15 is 0 Å². The lowest BCUT2D eigenvalue weighted by atomic mass is 10.1. The van der Waals surface area contributed by atoms with Crippen LogP contribution in [0.3, 0.4) is 0 Å². The Balaban J connectivity index is 2.49. The van der Waals surface area contributed by atoms with Gasteiger partial charge in [-0.15, -0.1) is 13.2 Å². The first-order valence-corrected chi connectivity index (χ1v) is 9.65. The lowest BCUT2D eigenvalue weighted by Gasteiger charge is -2.24. The molecule has 0 saturated carbocycles. The number of amides is 1. The second-order valence-electron chi connectivity index (χ2n) is 8.04. The van der Waals surface area contributed by atoms with Crippen LogP contribution in [-0.4, -0.2) is 47.2 Å². The number of ether oxygens (including phenoxy) is 2. The van der Waals surface area contributed by atoms with E-state index in [1.54, 1.807) is 20.8 Å². The van der Waals surface area contributed by atoms with Crippen LogP contribution in [0, 0.1) is 0 Å². The molecule has 0 fully saturated rings. The topological polar surface area (TPSA) is 89.7 Å². The summed E-state index contributed by atoms with van der Waals surface area (Å²) >= 11 is 0. The Hall–Kier alpha value is -2.82. The van der Waals surface area contributed by atoms with Crippen LogP contribution in [0.25, 0.3) is 0 Å². The molecular weight excluding hydrogens is 417 g/mol. The van der Waals surface area contributed by atoms with Gasteiger partial charge in [-0.3, -0.25) is 4.90 Å². The van der Waals surface area contributed by atoms with E-state index in [2.05, 4.69) is 20.2 Å². The summed E-state index contributed by atoms with van der Waals surface area (Å²) < 4.78 is 53.5. The van der Waals surface area contributed by atoms with Gasteiger partial charge >= 0.3 is 12.5 Å². The van der Waals surface area contributed by atoms with Crippen molar-refractivity contribution in [3.8, 4) is 5.75 Å². The molecule has 172 valence electrons. The number of halogens is 3. The molecule has 0 aliphatic rings. The summed E-state index contributed by atoms with van der Waals surface area (Å²) in [6, 6.07) is 4.01. The second kappa shape index (κ2) is 9.54. The van der Waals surface area contributed by atoms with Crippen molar-refractivity contribution in [2.75, 3.05) is 14.1 Å². The highest BCUT2D eigenvalue weighted by Crippen LogP contribution is 2.33. The van der Waals surface area contributed by atoms with Crippen molar-refractivity contribution in [2.24, 2.45) is 0 Å². The number of benzene rings is 1. The van der Waals surface area contributed by atoms with Gasteiger partial charge in [0.15, 0.2) is 5.82 Å². The fourth-order valence-electron chi connectivity index (χ4n) is 2.90. The zero-order valence-corrected chi connectivity index (χ0v) is 18.3. The third kappa shape index (κ3) is 7.12. The van der Waals surface area contributed by atoms with Crippen LogP contribution in [-0.2, 0) is 4.74 Å². The van der Waals surface area contributed by atoms with Crippen molar-refractivity contribution in [3.05, 3.63) is 41.5 Å². The Morgan fingerprint density at radius 3 is 2.42 bits per heavy atom. The monoisotopic (exact) mass is 444 g/mol. The third-order valence-electron chi connectivity index (χ3n) is 4.13. The van der Waals surface area contributed by atoms with Gasteiger partial charge < -0.3 is 19.3 Å². The van der Waals surface area contributed by atoms with Crippen LogP contribution < -0.4 is 10.1 Å². The van der Waals surface area contributed by atoms with Gasteiger partial charge in [0.25, 0.3) is 0 Å². The first-order chi connectivity index (χ1) is 14.3. The number of rotatable bonds is 7. The maximum atomic E-state index is 12.9. The van der Waals surface area contributed by atoms with Gasteiger partial charge in [0.05, 0.1) is 6.04 Å². The zero-order chi connectivity index (χ0) is 23.4. The van der Waals surface area contributed by atoms with Crippen molar-refractivity contribution < 1.29 is 32.0 Å². The third-order valence-corrected chi connectivity index (χ3v) is 4.13. The Labute approximate surface area is 178 Å². The molecule has 2 aromatic rings. The van der Waals surface area contributed by atoms with Crippen molar-refractivity contribution in [1.29, 1.82) is 0 Å². The maximum absolute atomic E-state index is 12.9. The summed E-state index contributed by atoms with van der Waals surface area (Å²) in [6.45, 7) is 6.92. The average molecular weight is 444 g/mol. The number of alkyl halides is 3. The highest BCUT2D eigenvalue weighted by molar-refractivity contribution is 5.69. The second-order valence-corrected chi connectivity index (χ2v) is 8.04. The lowest BCUT2D eigenvalue weighted by Crippen LogP contribution is -2.36. The van der Waals surface area contributed by atoms with Gasteiger partial charge in [-0.1, -0.05) is 30.3 Å². The van der Waals surface area contributed by atoms with Crippen LogP contribution in [0.1, 0.15) is 63.5 Å². The summed E-state index contributed by atoms with van der Waals surface area (Å²) in [5, 5.41) is 6.44. The molecule has 1 aromatic heterocycles. The molecule has 2 rings (SSSR count). The van der Waals surface area contributed by atoms with Crippen molar-refractivity contribution in [2.45, 2.75) is 58.2 Å². The first-order valence-electron chi connectivity index (χ1n) is 9.65. The summed E-state index contributed by atoms with van der Waals surface area (Å²) in [7, 11) is 3.67. The molecule has 0 bridgehead atoms. The van der Waals surface area contributed by atoms with Crippen LogP contribution in [0.4, 0.5) is 18.0 Å². The predicted molar refractivity (Wildman–Crippen MR) is 105 cm³/mol. The predicted octanol–water partition coefficient (Wildman–Crippen LogP) is 4.60. The minimum Gasteiger partial charge on any atom is -0.444 e. The van der Waals surface area contributed by atoms with Gasteiger partial charge in [0.2, 0.25) is 5.89 Å². The summed E-state index contributed by atoms with van der Waals surface area (Å²) in [5.41, 5.74) is -0.826. The normalized spacial score (nSPS) is 14.3. The maximum Gasteiger partial charge on any atom is 0.573 e. The Bertz CT molecular complexity index is 878. The molecule has 0 aliphatic heterocycles. The smallest absolute Gasteiger partial charge is 0.444 e. The number of hydrogen-bond donors (Lipinski definition) is 1. The number of carbonyl (C=O) groups is 1. The number of carbonyl (C=O) groups excluding carboxylic acids is 1. The molecule has 1 heterocycles. The number of alkyl carbamates (subject to hydrolysis) is 1. The standard InChI is InChI=1S/C20H27F3N4O4/c1-7-13(27(5)6)17-25-16(26-31-17)15(24-18(28)30-19(2,3)4)12-10-8-9-11-14(12)29-20(21,22)23/h8-11,13,15H,7H2,1-6H3,(H,24,28)/t13-,15-/m0/s1. The Morgan fingerprint density at radius 1 is 1.23 bits per heavy atom. The summed E-state index contributed by atoms with van der Waals surface area (Å²) in [5.74, 6) is -0.255. The quantitative estimate of drug-likeness (QED) is 0.668. The SMILES string of the molecule is CC[C@@H](c1nc([C@@H](NC(=O)OC(C)(C)C)c2ccccc2OC(F)(F)F)no1)N(C)C. The molecule has 0 unspecified atom stereocenters. The molecule has 1 N–H and O–H groups in total. The highest BCUT2D eigenvalue weighted by Gasteiger charge is 2.35. The number of nitrogens with one attached hydrogen (secondary N) is 1. The molecule has 0 aliphatic carbocycles. The van der Waals surface area contributed by atoms with Crippen LogP contribution >= 0.6 is 0 Å². The molecular formula is C20H27F3N4O4. The van der Waals surface area contributed by atoms with Crippen molar-refractivity contribution in [1.82, 2.24) is 20.4 Å².